The minimum absolute atomic E-state index is 0.0849. The maximum atomic E-state index is 6.21. The Kier molecular flexibility index (Phi) is 3.49. The highest BCUT2D eigenvalue weighted by Crippen LogP contribution is 2.44. The fraction of sp³-hybridized carbons (Fsp3) is 0.667. The minimum Gasteiger partial charge on any atom is -0.370 e. The van der Waals surface area contributed by atoms with Crippen LogP contribution in [0.4, 0.5) is 0 Å². The molecule has 0 radical (unpaired) electrons. The Morgan fingerprint density at radius 1 is 1.08 bits per heavy atom. The highest BCUT2D eigenvalue weighted by Gasteiger charge is 2.60. The maximum Gasteiger partial charge on any atom is 0.190 e. The van der Waals surface area contributed by atoms with E-state index in [1.165, 1.54) is 5.56 Å². The zero-order valence-corrected chi connectivity index (χ0v) is 14.0. The van der Waals surface area contributed by atoms with Gasteiger partial charge in [0.1, 0.15) is 24.4 Å². The Hall–Kier alpha value is -1.02. The quantitative estimate of drug-likeness (QED) is 0.823. The molecule has 0 aromatic heterocycles. The Morgan fingerprint density at radius 2 is 1.92 bits per heavy atom. The molecule has 0 aliphatic carbocycles. The van der Waals surface area contributed by atoms with E-state index in [4.69, 9.17) is 23.8 Å². The van der Waals surface area contributed by atoms with Crippen molar-refractivity contribution in [1.82, 2.24) is 5.06 Å². The summed E-state index contributed by atoms with van der Waals surface area (Å²) in [6.45, 7) is 5.14. The summed E-state index contributed by atoms with van der Waals surface area (Å²) >= 11 is 0. The Labute approximate surface area is 141 Å². The molecule has 6 atom stereocenters. The van der Waals surface area contributed by atoms with Gasteiger partial charge in [-0.15, -0.1) is 0 Å². The molecule has 0 spiro atoms. The number of benzene rings is 1. The van der Waals surface area contributed by atoms with Gasteiger partial charge in [0.2, 0.25) is 0 Å². The van der Waals surface area contributed by atoms with Crippen molar-refractivity contribution in [2.75, 3.05) is 6.61 Å². The molecule has 4 aliphatic rings. The summed E-state index contributed by atoms with van der Waals surface area (Å²) in [6.07, 6.45) is 0.285. The van der Waals surface area contributed by atoms with Crippen LogP contribution in [0.2, 0.25) is 0 Å². The summed E-state index contributed by atoms with van der Waals surface area (Å²) < 4.78 is 24.2. The van der Waals surface area contributed by atoms with Crippen molar-refractivity contribution in [3.8, 4) is 0 Å². The van der Waals surface area contributed by atoms with Crippen LogP contribution in [0, 0.1) is 0 Å². The van der Waals surface area contributed by atoms with Gasteiger partial charge in [-0.1, -0.05) is 30.3 Å². The summed E-state index contributed by atoms with van der Waals surface area (Å²) in [5.74, 6) is -0.616. The molecule has 2 bridgehead atoms. The molecule has 1 aromatic carbocycles. The molecule has 1 aromatic rings. The van der Waals surface area contributed by atoms with Gasteiger partial charge in [-0.2, -0.15) is 5.06 Å². The first-order chi connectivity index (χ1) is 11.6. The zero-order chi connectivity index (χ0) is 16.3. The molecule has 0 N–H and O–H groups in total. The smallest absolute Gasteiger partial charge is 0.190 e. The van der Waals surface area contributed by atoms with E-state index in [2.05, 4.69) is 29.3 Å². The van der Waals surface area contributed by atoms with E-state index in [0.717, 1.165) is 13.0 Å². The molecule has 4 saturated heterocycles. The highest BCUT2D eigenvalue weighted by atomic mass is 16.8. The lowest BCUT2D eigenvalue weighted by atomic mass is 10.0. The van der Waals surface area contributed by atoms with E-state index in [0.29, 0.717) is 6.61 Å². The molecule has 5 rings (SSSR count). The number of fused-ring (bicyclic) bond motifs is 6. The van der Waals surface area contributed by atoms with Gasteiger partial charge in [0.15, 0.2) is 12.1 Å². The van der Waals surface area contributed by atoms with E-state index in [-0.39, 0.29) is 36.7 Å². The van der Waals surface area contributed by atoms with Gasteiger partial charge >= 0.3 is 0 Å². The number of hydroxylamine groups is 2. The van der Waals surface area contributed by atoms with Crippen LogP contribution in [-0.2, 0) is 30.3 Å². The minimum atomic E-state index is -0.616. The fourth-order valence-corrected chi connectivity index (χ4v) is 4.24. The normalized spacial score (nSPS) is 43.4. The van der Waals surface area contributed by atoms with Crippen molar-refractivity contribution in [3.63, 3.8) is 0 Å². The molecule has 130 valence electrons. The van der Waals surface area contributed by atoms with Crippen LogP contribution in [0.15, 0.2) is 30.3 Å². The third-order valence-electron chi connectivity index (χ3n) is 5.22. The second-order valence-corrected chi connectivity index (χ2v) is 7.46. The maximum absolute atomic E-state index is 6.21. The van der Waals surface area contributed by atoms with Gasteiger partial charge in [-0.25, -0.2) is 0 Å². The number of nitrogens with zero attached hydrogens (tertiary/aromatic N) is 1. The average molecular weight is 333 g/mol. The van der Waals surface area contributed by atoms with E-state index in [1.807, 2.05) is 19.9 Å². The van der Waals surface area contributed by atoms with Crippen molar-refractivity contribution in [3.05, 3.63) is 35.9 Å². The molecular formula is C18H23NO5. The predicted octanol–water partition coefficient (Wildman–Crippen LogP) is 1.84. The van der Waals surface area contributed by atoms with Crippen LogP contribution in [0.25, 0.3) is 0 Å². The fourth-order valence-electron chi connectivity index (χ4n) is 4.24. The topological polar surface area (TPSA) is 49.4 Å². The monoisotopic (exact) mass is 333 g/mol. The molecular weight excluding hydrogens is 310 g/mol. The first-order valence-corrected chi connectivity index (χ1v) is 8.69. The van der Waals surface area contributed by atoms with E-state index >= 15 is 0 Å². The van der Waals surface area contributed by atoms with Crippen LogP contribution in [-0.4, -0.2) is 54.2 Å². The number of hydrogen-bond donors (Lipinski definition) is 0. The highest BCUT2D eigenvalue weighted by molar-refractivity contribution is 5.15. The standard InChI is InChI=1S/C18H23NO5/c1-18(2)22-16-15-14(21-17(16)23-18)13-8-12(10-20-15)24-19(13)9-11-6-4-3-5-7-11/h3-7,12-17H,8-10H2,1-2H3/t12-,13+,14-,15+,16-,17-/m0/s1. The number of ether oxygens (including phenoxy) is 4. The van der Waals surface area contributed by atoms with Gasteiger partial charge in [0.25, 0.3) is 0 Å². The van der Waals surface area contributed by atoms with Gasteiger partial charge in [0, 0.05) is 6.54 Å². The first kappa shape index (κ1) is 15.3. The predicted molar refractivity (Wildman–Crippen MR) is 83.7 cm³/mol. The molecule has 4 heterocycles. The lowest BCUT2D eigenvalue weighted by molar-refractivity contribution is -0.257. The van der Waals surface area contributed by atoms with E-state index < -0.39 is 5.79 Å². The number of hydrogen-bond acceptors (Lipinski definition) is 6. The van der Waals surface area contributed by atoms with Crippen LogP contribution in [0.5, 0.6) is 0 Å². The van der Waals surface area contributed by atoms with Crippen molar-refractivity contribution >= 4 is 0 Å². The molecule has 6 nitrogen and oxygen atoms in total. The Balaban J connectivity index is 1.37. The molecule has 24 heavy (non-hydrogen) atoms. The SMILES string of the molecule is CC1(C)O[C@@H]2O[C@@H]3[C@@H](OC[C@@H]4C[C@H]3N(Cc3ccccc3)O4)[C@@H]2O1. The first-order valence-electron chi connectivity index (χ1n) is 8.69. The lowest BCUT2D eigenvalue weighted by Gasteiger charge is -2.33. The molecule has 4 fully saturated rings. The summed E-state index contributed by atoms with van der Waals surface area (Å²) in [6, 6.07) is 10.5. The largest absolute Gasteiger partial charge is 0.370 e. The van der Waals surface area contributed by atoms with Crippen molar-refractivity contribution < 1.29 is 23.8 Å². The third kappa shape index (κ3) is 2.49. The van der Waals surface area contributed by atoms with Crippen molar-refractivity contribution in [1.29, 1.82) is 0 Å². The van der Waals surface area contributed by atoms with Crippen LogP contribution < -0.4 is 0 Å². The summed E-state index contributed by atoms with van der Waals surface area (Å²) in [4.78, 5) is 6.09. The summed E-state index contributed by atoms with van der Waals surface area (Å²) in [5, 5.41) is 2.06. The van der Waals surface area contributed by atoms with Crippen LogP contribution in [0.3, 0.4) is 0 Å². The van der Waals surface area contributed by atoms with Gasteiger partial charge in [0.05, 0.1) is 12.6 Å². The van der Waals surface area contributed by atoms with Gasteiger partial charge in [-0.3, -0.25) is 4.84 Å². The second kappa shape index (κ2) is 5.49. The second-order valence-electron chi connectivity index (χ2n) is 7.46. The Morgan fingerprint density at radius 3 is 2.75 bits per heavy atom. The van der Waals surface area contributed by atoms with E-state index in [9.17, 15) is 0 Å². The molecule has 4 aliphatic heterocycles. The number of rotatable bonds is 2. The lowest BCUT2D eigenvalue weighted by Crippen LogP contribution is -2.47. The molecule has 6 heteroatoms. The summed E-state index contributed by atoms with van der Waals surface area (Å²) in [5.41, 5.74) is 1.23. The molecule has 0 saturated carbocycles. The Bertz CT molecular complexity index is 609. The third-order valence-corrected chi connectivity index (χ3v) is 5.22. The van der Waals surface area contributed by atoms with Gasteiger partial charge < -0.3 is 18.9 Å². The van der Waals surface area contributed by atoms with E-state index in [1.54, 1.807) is 0 Å². The van der Waals surface area contributed by atoms with Gasteiger partial charge in [-0.05, 0) is 25.8 Å². The van der Waals surface area contributed by atoms with Crippen LogP contribution in [0.1, 0.15) is 25.8 Å². The zero-order valence-electron chi connectivity index (χ0n) is 14.0. The molecule has 0 unspecified atom stereocenters. The van der Waals surface area contributed by atoms with Crippen molar-refractivity contribution in [2.24, 2.45) is 0 Å². The molecule has 0 amide bonds. The van der Waals surface area contributed by atoms with Crippen molar-refractivity contribution in [2.45, 2.75) is 69.3 Å². The van der Waals surface area contributed by atoms with Crippen LogP contribution >= 0.6 is 0 Å². The average Bonchev–Trinajstić information content (AvgIpc) is 3.11. The summed E-state index contributed by atoms with van der Waals surface area (Å²) in [7, 11) is 0.